The van der Waals surface area contributed by atoms with E-state index in [-0.39, 0.29) is 18.1 Å². The fourth-order valence-electron chi connectivity index (χ4n) is 2.22. The molecule has 1 aromatic carbocycles. The van der Waals surface area contributed by atoms with Crippen molar-refractivity contribution < 1.29 is 19.0 Å². The van der Waals surface area contributed by atoms with Crippen LogP contribution < -0.4 is 20.1 Å². The van der Waals surface area contributed by atoms with Crippen LogP contribution in [0.5, 0.6) is 11.5 Å². The van der Waals surface area contributed by atoms with Gasteiger partial charge in [0.05, 0.1) is 6.61 Å². The molecule has 0 aliphatic rings. The second-order valence-electron chi connectivity index (χ2n) is 6.82. The van der Waals surface area contributed by atoms with Gasteiger partial charge < -0.3 is 24.8 Å². The molecule has 0 saturated carbocycles. The van der Waals surface area contributed by atoms with Gasteiger partial charge in [0.25, 0.3) is 5.91 Å². The molecule has 6 heteroatoms. The maximum atomic E-state index is 11.9. The summed E-state index contributed by atoms with van der Waals surface area (Å²) in [6.07, 6.45) is 0.971. The van der Waals surface area contributed by atoms with E-state index in [1.807, 2.05) is 45.9 Å². The smallest absolute Gasteiger partial charge is 0.258 e. The lowest BCUT2D eigenvalue weighted by Gasteiger charge is -2.21. The third-order valence-corrected chi connectivity index (χ3v) is 3.21. The predicted octanol–water partition coefficient (Wildman–Crippen LogP) is 2.50. The topological polar surface area (TPSA) is 68.8 Å². The van der Waals surface area contributed by atoms with Gasteiger partial charge in [0.1, 0.15) is 0 Å². The number of carbonyl (C=O) groups is 1. The normalized spacial score (nSPS) is 11.2. The molecule has 0 aromatic heterocycles. The Labute approximate surface area is 151 Å². The van der Waals surface area contributed by atoms with Gasteiger partial charge in [0.15, 0.2) is 18.1 Å². The van der Waals surface area contributed by atoms with Crippen molar-refractivity contribution in [2.75, 3.05) is 33.5 Å². The van der Waals surface area contributed by atoms with E-state index in [0.29, 0.717) is 18.1 Å². The number of methoxy groups -OCH3 is 1. The number of hydrogen-bond donors (Lipinski definition) is 2. The zero-order valence-electron chi connectivity index (χ0n) is 16.1. The summed E-state index contributed by atoms with van der Waals surface area (Å²) in [7, 11) is 1.70. The lowest BCUT2D eigenvalue weighted by molar-refractivity contribution is -0.124. The fraction of sp³-hybridized carbons (Fsp3) is 0.632. The SMILES string of the molecule is CCOc1cc(CNCCCOC)ccc1OCC(=O)NC(C)(C)C. The molecular weight excluding hydrogens is 320 g/mol. The van der Waals surface area contributed by atoms with Crippen molar-refractivity contribution in [3.8, 4) is 11.5 Å². The Kier molecular flexibility index (Phi) is 9.31. The van der Waals surface area contributed by atoms with Crippen LogP contribution in [0.1, 0.15) is 39.7 Å². The molecule has 0 saturated heterocycles. The van der Waals surface area contributed by atoms with E-state index in [2.05, 4.69) is 10.6 Å². The first-order valence-corrected chi connectivity index (χ1v) is 8.75. The van der Waals surface area contributed by atoms with Crippen LogP contribution in [0.4, 0.5) is 0 Å². The highest BCUT2D eigenvalue weighted by Gasteiger charge is 2.15. The first-order valence-electron chi connectivity index (χ1n) is 8.75. The van der Waals surface area contributed by atoms with Gasteiger partial charge >= 0.3 is 0 Å². The molecule has 0 fully saturated rings. The molecule has 2 N–H and O–H groups in total. The fourth-order valence-corrected chi connectivity index (χ4v) is 2.22. The number of nitrogens with one attached hydrogen (secondary N) is 2. The lowest BCUT2D eigenvalue weighted by Crippen LogP contribution is -2.43. The molecule has 142 valence electrons. The lowest BCUT2D eigenvalue weighted by atomic mass is 10.1. The third-order valence-electron chi connectivity index (χ3n) is 3.21. The molecule has 0 atom stereocenters. The average molecular weight is 352 g/mol. The molecular formula is C19H32N2O4. The first kappa shape index (κ1) is 21.3. The minimum Gasteiger partial charge on any atom is -0.490 e. The highest BCUT2D eigenvalue weighted by molar-refractivity contribution is 5.78. The van der Waals surface area contributed by atoms with Crippen molar-refractivity contribution in [3.63, 3.8) is 0 Å². The van der Waals surface area contributed by atoms with Crippen LogP contribution in [-0.2, 0) is 16.1 Å². The molecule has 6 nitrogen and oxygen atoms in total. The summed E-state index contributed by atoms with van der Waals surface area (Å²) in [4.78, 5) is 11.9. The molecule has 0 spiro atoms. The largest absolute Gasteiger partial charge is 0.490 e. The molecule has 0 aliphatic heterocycles. The van der Waals surface area contributed by atoms with Gasteiger partial charge in [-0.15, -0.1) is 0 Å². The quantitative estimate of drug-likeness (QED) is 0.599. The predicted molar refractivity (Wildman–Crippen MR) is 99.2 cm³/mol. The monoisotopic (exact) mass is 352 g/mol. The van der Waals surface area contributed by atoms with Crippen LogP contribution in [0.3, 0.4) is 0 Å². The van der Waals surface area contributed by atoms with Gasteiger partial charge in [-0.3, -0.25) is 4.79 Å². The van der Waals surface area contributed by atoms with Crippen molar-refractivity contribution in [1.82, 2.24) is 10.6 Å². The number of ether oxygens (including phenoxy) is 3. The summed E-state index contributed by atoms with van der Waals surface area (Å²) >= 11 is 0. The Hall–Kier alpha value is -1.79. The van der Waals surface area contributed by atoms with E-state index in [9.17, 15) is 4.79 Å². The van der Waals surface area contributed by atoms with Gasteiger partial charge in [0, 0.05) is 25.8 Å². The summed E-state index contributed by atoms with van der Waals surface area (Å²) in [6, 6.07) is 5.77. The molecule has 1 aromatic rings. The highest BCUT2D eigenvalue weighted by Crippen LogP contribution is 2.28. The van der Waals surface area contributed by atoms with Gasteiger partial charge in [-0.1, -0.05) is 6.07 Å². The summed E-state index contributed by atoms with van der Waals surface area (Å²) in [6.45, 7) is 10.6. The third kappa shape index (κ3) is 9.31. The molecule has 0 radical (unpaired) electrons. The summed E-state index contributed by atoms with van der Waals surface area (Å²) < 4.78 is 16.3. The molecule has 0 unspecified atom stereocenters. The molecule has 1 amide bonds. The standard InChI is InChI=1S/C19H32N2O4/c1-6-24-17-12-15(13-20-10-7-11-23-5)8-9-16(17)25-14-18(22)21-19(2,3)4/h8-9,12,20H,6-7,10-11,13-14H2,1-5H3,(H,21,22). The van der Waals surface area contributed by atoms with E-state index in [4.69, 9.17) is 14.2 Å². The van der Waals surface area contributed by atoms with E-state index in [0.717, 1.165) is 31.7 Å². The van der Waals surface area contributed by atoms with Crippen molar-refractivity contribution in [2.45, 2.75) is 46.2 Å². The number of rotatable bonds is 11. The average Bonchev–Trinajstić information content (AvgIpc) is 2.52. The minimum absolute atomic E-state index is 0.0358. The minimum atomic E-state index is -0.276. The number of benzene rings is 1. The summed E-state index contributed by atoms with van der Waals surface area (Å²) in [5.41, 5.74) is 0.828. The maximum Gasteiger partial charge on any atom is 0.258 e. The number of hydrogen-bond acceptors (Lipinski definition) is 5. The van der Waals surface area contributed by atoms with Crippen molar-refractivity contribution in [2.24, 2.45) is 0 Å². The molecule has 25 heavy (non-hydrogen) atoms. The van der Waals surface area contributed by atoms with Crippen molar-refractivity contribution in [1.29, 1.82) is 0 Å². The molecule has 0 aliphatic carbocycles. The van der Waals surface area contributed by atoms with Gasteiger partial charge in [0.2, 0.25) is 0 Å². The van der Waals surface area contributed by atoms with Crippen LogP contribution >= 0.6 is 0 Å². The van der Waals surface area contributed by atoms with Crippen LogP contribution in [0.15, 0.2) is 18.2 Å². The number of amides is 1. The Balaban J connectivity index is 2.59. The molecule has 1 rings (SSSR count). The van der Waals surface area contributed by atoms with E-state index < -0.39 is 0 Å². The zero-order chi connectivity index (χ0) is 18.7. The zero-order valence-corrected chi connectivity index (χ0v) is 16.1. The van der Waals surface area contributed by atoms with E-state index >= 15 is 0 Å². The van der Waals surface area contributed by atoms with Crippen LogP contribution in [0.2, 0.25) is 0 Å². The van der Waals surface area contributed by atoms with Gasteiger partial charge in [-0.05, 0) is 58.4 Å². The van der Waals surface area contributed by atoms with Crippen LogP contribution in [0.25, 0.3) is 0 Å². The highest BCUT2D eigenvalue weighted by atomic mass is 16.5. The Morgan fingerprint density at radius 3 is 2.56 bits per heavy atom. The first-order chi connectivity index (χ1) is 11.9. The van der Waals surface area contributed by atoms with Gasteiger partial charge in [-0.2, -0.15) is 0 Å². The van der Waals surface area contributed by atoms with E-state index in [1.54, 1.807) is 7.11 Å². The van der Waals surface area contributed by atoms with Crippen LogP contribution in [-0.4, -0.2) is 44.9 Å². The second kappa shape index (κ2) is 10.9. The second-order valence-corrected chi connectivity index (χ2v) is 6.82. The van der Waals surface area contributed by atoms with Crippen LogP contribution in [0, 0.1) is 0 Å². The summed E-state index contributed by atoms with van der Waals surface area (Å²) in [5, 5.41) is 6.23. The number of carbonyl (C=O) groups excluding carboxylic acids is 1. The Bertz CT molecular complexity index is 527. The Morgan fingerprint density at radius 1 is 1.16 bits per heavy atom. The van der Waals surface area contributed by atoms with Crippen molar-refractivity contribution >= 4 is 5.91 Å². The molecule has 0 bridgehead atoms. The Morgan fingerprint density at radius 2 is 1.92 bits per heavy atom. The molecule has 0 heterocycles. The van der Waals surface area contributed by atoms with Crippen molar-refractivity contribution in [3.05, 3.63) is 23.8 Å². The van der Waals surface area contributed by atoms with Gasteiger partial charge in [-0.25, -0.2) is 0 Å². The maximum absolute atomic E-state index is 11.9. The summed E-state index contributed by atoms with van der Waals surface area (Å²) in [5.74, 6) is 1.08. The van der Waals surface area contributed by atoms with E-state index in [1.165, 1.54) is 0 Å².